The number of amides is 2. The molecule has 10 N–H and O–H groups in total. The molecule has 0 saturated heterocycles. The van der Waals surface area contributed by atoms with Gasteiger partial charge in [0.15, 0.2) is 0 Å². The van der Waals surface area contributed by atoms with E-state index >= 15 is 0 Å². The first kappa shape index (κ1) is 29.3. The highest BCUT2D eigenvalue weighted by Crippen LogP contribution is 2.40. The van der Waals surface area contributed by atoms with Gasteiger partial charge in [-0.1, -0.05) is 27.7 Å². The Labute approximate surface area is 245 Å². The Morgan fingerprint density at radius 3 is 1.43 bits per heavy atom. The van der Waals surface area contributed by atoms with Crippen molar-refractivity contribution in [3.05, 3.63) is 60.2 Å². The number of fused-ring (bicyclic) bond motifs is 2. The minimum atomic E-state index is -0.478. The highest BCUT2D eigenvalue weighted by molar-refractivity contribution is 6.02. The number of hydrogen-bond donors (Lipinski definition) is 6. The number of nitrogens with zero attached hydrogens (tertiary/aromatic N) is 4. The lowest BCUT2D eigenvalue weighted by Gasteiger charge is -2.32. The number of hydrogen-bond acceptors (Lipinski definition) is 8. The number of nitrogens with one attached hydrogen (secondary N) is 2. The van der Waals surface area contributed by atoms with Gasteiger partial charge in [0.25, 0.3) is 11.8 Å². The van der Waals surface area contributed by atoms with Crippen LogP contribution in [0.3, 0.4) is 0 Å². The Morgan fingerprint density at radius 2 is 1.12 bits per heavy atom. The van der Waals surface area contributed by atoms with E-state index in [1.165, 1.54) is 12.4 Å². The summed E-state index contributed by atoms with van der Waals surface area (Å²) in [4.78, 5) is 23.4. The number of carbonyl (C=O) groups is 2. The van der Waals surface area contributed by atoms with Gasteiger partial charge >= 0.3 is 0 Å². The van der Waals surface area contributed by atoms with Crippen molar-refractivity contribution >= 4 is 34.2 Å². The van der Waals surface area contributed by atoms with Crippen LogP contribution in [0.25, 0.3) is 11.0 Å². The molecule has 4 atom stereocenters. The average molecular weight is 575 g/mol. The van der Waals surface area contributed by atoms with Gasteiger partial charge in [0, 0.05) is 36.6 Å². The molecular formula is C30H42N10O2. The van der Waals surface area contributed by atoms with Crippen molar-refractivity contribution in [1.82, 2.24) is 19.2 Å². The van der Waals surface area contributed by atoms with Gasteiger partial charge in [-0.2, -0.15) is 10.2 Å². The van der Waals surface area contributed by atoms with E-state index in [4.69, 9.17) is 22.9 Å². The molecule has 0 unspecified atom stereocenters. The van der Waals surface area contributed by atoms with Crippen LogP contribution < -0.4 is 33.6 Å². The molecule has 0 spiro atoms. The second-order valence-corrected chi connectivity index (χ2v) is 12.7. The van der Waals surface area contributed by atoms with Gasteiger partial charge < -0.3 is 33.6 Å². The van der Waals surface area contributed by atoms with E-state index in [1.54, 1.807) is 9.03 Å². The molecule has 0 bridgehead atoms. The normalized spacial score (nSPS) is 24.3. The van der Waals surface area contributed by atoms with Gasteiger partial charge in [0.1, 0.15) is 0 Å². The second kappa shape index (κ2) is 10.9. The van der Waals surface area contributed by atoms with Crippen molar-refractivity contribution < 1.29 is 9.59 Å². The number of anilines is 2. The lowest BCUT2D eigenvalue weighted by Crippen LogP contribution is -2.42. The van der Waals surface area contributed by atoms with E-state index in [0.717, 1.165) is 48.1 Å². The average Bonchev–Trinajstić information content (AvgIpc) is 3.70. The molecule has 0 aliphatic heterocycles. The van der Waals surface area contributed by atoms with E-state index < -0.39 is 11.8 Å². The van der Waals surface area contributed by atoms with Crippen LogP contribution in [0, 0.1) is 10.8 Å². The number of carbonyl (C=O) groups excluding carboxylic acids is 2. The Morgan fingerprint density at radius 1 is 0.738 bits per heavy atom. The van der Waals surface area contributed by atoms with Crippen LogP contribution in [0.2, 0.25) is 0 Å². The maximum Gasteiger partial charge on any atom is 0.252 e. The molecule has 0 radical (unpaired) electrons. The fourth-order valence-electron chi connectivity index (χ4n) is 6.23. The zero-order valence-corrected chi connectivity index (χ0v) is 24.7. The number of primary amides is 2. The Bertz CT molecular complexity index is 1500. The molecule has 2 fully saturated rings. The third-order valence-electron chi connectivity index (χ3n) is 9.54. The minimum absolute atomic E-state index is 0.0399. The predicted octanol–water partition coefficient (Wildman–Crippen LogP) is 2.72. The standard InChI is InChI=1S/2C15H21N5O/c2*1-15(2)11(16)5-6-12(15)19-13-9(14(17)21)8-18-20-7-3-4-10(13)20/h2*3-4,7-8,11-12,19H,5-6,16H2,1-2H3,(H2,17,21)/t11-,12+;11-,12-/m01/s1. The minimum Gasteiger partial charge on any atom is -0.379 e. The van der Waals surface area contributed by atoms with Gasteiger partial charge in [-0.25, -0.2) is 9.03 Å². The lowest BCUT2D eigenvalue weighted by molar-refractivity contribution is 0.0992. The van der Waals surface area contributed by atoms with Crippen molar-refractivity contribution in [2.75, 3.05) is 10.6 Å². The molecular weight excluding hydrogens is 532 g/mol. The van der Waals surface area contributed by atoms with Gasteiger partial charge in [0.05, 0.1) is 45.9 Å². The van der Waals surface area contributed by atoms with E-state index in [-0.39, 0.29) is 35.0 Å². The third-order valence-corrected chi connectivity index (χ3v) is 9.54. The Hall–Kier alpha value is -4.16. The molecule has 2 aliphatic carbocycles. The topological polar surface area (TPSA) is 197 Å². The Kier molecular flexibility index (Phi) is 7.62. The van der Waals surface area contributed by atoms with Gasteiger partial charge in [-0.3, -0.25) is 9.59 Å². The molecule has 4 heterocycles. The summed E-state index contributed by atoms with van der Waals surface area (Å²) in [5.41, 5.74) is 27.3. The summed E-state index contributed by atoms with van der Waals surface area (Å²) in [5, 5.41) is 15.4. The largest absolute Gasteiger partial charge is 0.379 e. The van der Waals surface area contributed by atoms with Crippen molar-refractivity contribution in [3.63, 3.8) is 0 Å². The molecule has 42 heavy (non-hydrogen) atoms. The lowest BCUT2D eigenvalue weighted by atomic mass is 9.84. The fraction of sp³-hybridized carbons (Fsp3) is 0.467. The summed E-state index contributed by atoms with van der Waals surface area (Å²) in [5.74, 6) is -0.956. The molecule has 0 aromatic carbocycles. The first-order chi connectivity index (χ1) is 19.8. The van der Waals surface area contributed by atoms with Gasteiger partial charge in [-0.05, 0) is 60.8 Å². The molecule has 4 aromatic heterocycles. The molecule has 2 aliphatic rings. The highest BCUT2D eigenvalue weighted by atomic mass is 16.1. The van der Waals surface area contributed by atoms with Crippen LogP contribution >= 0.6 is 0 Å². The van der Waals surface area contributed by atoms with Crippen LogP contribution in [0.1, 0.15) is 74.1 Å². The van der Waals surface area contributed by atoms with Gasteiger partial charge in [-0.15, -0.1) is 0 Å². The summed E-state index contributed by atoms with van der Waals surface area (Å²) < 4.78 is 3.47. The predicted molar refractivity (Wildman–Crippen MR) is 164 cm³/mol. The monoisotopic (exact) mass is 574 g/mol. The second-order valence-electron chi connectivity index (χ2n) is 12.7. The van der Waals surface area contributed by atoms with Crippen LogP contribution in [-0.2, 0) is 0 Å². The zero-order valence-electron chi connectivity index (χ0n) is 24.7. The summed E-state index contributed by atoms with van der Waals surface area (Å²) in [6.07, 6.45) is 10.6. The maximum atomic E-state index is 11.7. The van der Waals surface area contributed by atoms with Crippen LogP contribution in [0.15, 0.2) is 49.1 Å². The fourth-order valence-corrected chi connectivity index (χ4v) is 6.23. The van der Waals surface area contributed by atoms with E-state index in [2.05, 4.69) is 48.5 Å². The molecule has 4 aromatic rings. The number of aromatic nitrogens is 4. The summed E-state index contributed by atoms with van der Waals surface area (Å²) in [6.45, 7) is 8.62. The van der Waals surface area contributed by atoms with E-state index in [0.29, 0.717) is 11.1 Å². The number of rotatable bonds is 6. The molecule has 2 saturated carbocycles. The van der Waals surface area contributed by atoms with Crippen molar-refractivity contribution in [2.45, 2.75) is 77.5 Å². The molecule has 12 heteroatoms. The molecule has 2 amide bonds. The van der Waals surface area contributed by atoms with Crippen molar-refractivity contribution in [1.29, 1.82) is 0 Å². The summed E-state index contributed by atoms with van der Waals surface area (Å²) >= 11 is 0. The van der Waals surface area contributed by atoms with Gasteiger partial charge in [0.2, 0.25) is 0 Å². The van der Waals surface area contributed by atoms with Crippen molar-refractivity contribution in [2.24, 2.45) is 33.8 Å². The molecule has 12 nitrogen and oxygen atoms in total. The third kappa shape index (κ3) is 5.16. The zero-order chi connectivity index (χ0) is 30.4. The highest BCUT2D eigenvalue weighted by Gasteiger charge is 2.42. The number of nitrogens with two attached hydrogens (primary N) is 4. The Balaban J connectivity index is 0.000000168. The van der Waals surface area contributed by atoms with E-state index in [1.807, 2.05) is 36.7 Å². The molecule has 224 valence electrons. The smallest absolute Gasteiger partial charge is 0.252 e. The van der Waals surface area contributed by atoms with E-state index in [9.17, 15) is 9.59 Å². The molecule has 6 rings (SSSR count). The summed E-state index contributed by atoms with van der Waals surface area (Å²) in [7, 11) is 0. The first-order valence-corrected chi connectivity index (χ1v) is 14.4. The van der Waals surface area contributed by atoms with Crippen LogP contribution in [0.5, 0.6) is 0 Å². The quantitative estimate of drug-likeness (QED) is 0.202. The van der Waals surface area contributed by atoms with Crippen molar-refractivity contribution in [3.8, 4) is 0 Å². The SMILES string of the molecule is CC1(C)[C@@H](N)CC[C@H]1Nc1c(C(N)=O)cnn2cccc12.CC1(C)[C@H](N)CC[C@H]1Nc1c(C(N)=O)cnn2cccc12. The summed E-state index contributed by atoms with van der Waals surface area (Å²) in [6, 6.07) is 8.33. The maximum absolute atomic E-state index is 11.7. The first-order valence-electron chi connectivity index (χ1n) is 14.4. The van der Waals surface area contributed by atoms with Crippen LogP contribution in [0.4, 0.5) is 11.4 Å². The van der Waals surface area contributed by atoms with Crippen LogP contribution in [-0.4, -0.2) is 55.2 Å².